The van der Waals surface area contributed by atoms with E-state index in [9.17, 15) is 23.3 Å². The summed E-state index contributed by atoms with van der Waals surface area (Å²) in [5, 5.41) is 11.5. The van der Waals surface area contributed by atoms with Gasteiger partial charge in [-0.1, -0.05) is 0 Å². The maximum absolute atomic E-state index is 13.3. The number of rotatable bonds is 5. The van der Waals surface area contributed by atoms with Gasteiger partial charge in [0, 0.05) is 42.9 Å². The molecule has 28 heavy (non-hydrogen) atoms. The minimum absolute atomic E-state index is 0.0424. The molecule has 0 aliphatic carbocycles. The number of amides is 1. The SMILES string of the molecule is O=C(c1c[nH]c2cc([N+](=O)[O-])ccc12)N(CC1CCCO1)C1CCS(=O)(=O)C1. The lowest BCUT2D eigenvalue weighted by Gasteiger charge is -2.30. The number of nitro benzene ring substituents is 1. The van der Waals surface area contributed by atoms with Crippen LogP contribution in [0.1, 0.15) is 29.6 Å². The molecule has 150 valence electrons. The zero-order valence-electron chi connectivity index (χ0n) is 15.2. The van der Waals surface area contributed by atoms with Crippen LogP contribution in [0.2, 0.25) is 0 Å². The molecule has 1 aromatic heterocycles. The number of aromatic amines is 1. The molecule has 3 heterocycles. The Hall–Kier alpha value is -2.46. The van der Waals surface area contributed by atoms with Crippen molar-refractivity contribution in [2.24, 2.45) is 0 Å². The molecule has 0 saturated carbocycles. The van der Waals surface area contributed by atoms with Gasteiger partial charge in [0.2, 0.25) is 0 Å². The third-order valence-electron chi connectivity index (χ3n) is 5.44. The fraction of sp³-hybridized carbons (Fsp3) is 0.500. The number of H-pyrrole nitrogens is 1. The number of carbonyl (C=O) groups is 1. The summed E-state index contributed by atoms with van der Waals surface area (Å²) >= 11 is 0. The first-order valence-electron chi connectivity index (χ1n) is 9.22. The summed E-state index contributed by atoms with van der Waals surface area (Å²) in [6.45, 7) is 0.991. The molecule has 0 spiro atoms. The molecule has 2 aromatic rings. The van der Waals surface area contributed by atoms with E-state index in [1.807, 2.05) is 0 Å². The van der Waals surface area contributed by atoms with Crippen LogP contribution in [0.25, 0.3) is 10.9 Å². The van der Waals surface area contributed by atoms with Crippen molar-refractivity contribution in [2.45, 2.75) is 31.4 Å². The smallest absolute Gasteiger partial charge is 0.271 e. The Balaban J connectivity index is 1.66. The predicted molar refractivity (Wildman–Crippen MR) is 102 cm³/mol. The number of ether oxygens (including phenoxy) is 1. The van der Waals surface area contributed by atoms with Crippen LogP contribution in [0.15, 0.2) is 24.4 Å². The van der Waals surface area contributed by atoms with E-state index in [1.165, 1.54) is 18.3 Å². The molecule has 1 aromatic carbocycles. The van der Waals surface area contributed by atoms with Gasteiger partial charge in [-0.05, 0) is 25.3 Å². The van der Waals surface area contributed by atoms with E-state index >= 15 is 0 Å². The largest absolute Gasteiger partial charge is 0.376 e. The number of nitrogens with one attached hydrogen (secondary N) is 1. The van der Waals surface area contributed by atoms with E-state index in [2.05, 4.69) is 4.98 Å². The first-order valence-corrected chi connectivity index (χ1v) is 11.0. The Labute approximate surface area is 161 Å². The van der Waals surface area contributed by atoms with Crippen LogP contribution >= 0.6 is 0 Å². The van der Waals surface area contributed by atoms with Crippen molar-refractivity contribution in [3.05, 3.63) is 40.1 Å². The number of sulfone groups is 1. The highest BCUT2D eigenvalue weighted by atomic mass is 32.2. The van der Waals surface area contributed by atoms with Crippen molar-refractivity contribution in [2.75, 3.05) is 24.7 Å². The molecule has 0 bridgehead atoms. The van der Waals surface area contributed by atoms with Gasteiger partial charge in [-0.3, -0.25) is 14.9 Å². The van der Waals surface area contributed by atoms with Crippen molar-refractivity contribution < 1.29 is 22.9 Å². The second kappa shape index (κ2) is 7.17. The Morgan fingerprint density at radius 2 is 2.18 bits per heavy atom. The van der Waals surface area contributed by atoms with Gasteiger partial charge in [0.15, 0.2) is 9.84 Å². The summed E-state index contributed by atoms with van der Waals surface area (Å²) in [5.74, 6) is -0.246. The van der Waals surface area contributed by atoms with Gasteiger partial charge in [-0.15, -0.1) is 0 Å². The average molecular weight is 407 g/mol. The third-order valence-corrected chi connectivity index (χ3v) is 7.19. The molecule has 2 unspecified atom stereocenters. The molecule has 2 saturated heterocycles. The van der Waals surface area contributed by atoms with E-state index < -0.39 is 14.8 Å². The van der Waals surface area contributed by atoms with Gasteiger partial charge < -0.3 is 14.6 Å². The third kappa shape index (κ3) is 3.61. The lowest BCUT2D eigenvalue weighted by molar-refractivity contribution is -0.384. The number of hydrogen-bond donors (Lipinski definition) is 1. The lowest BCUT2D eigenvalue weighted by Crippen LogP contribution is -2.45. The molecule has 2 aliphatic rings. The zero-order valence-corrected chi connectivity index (χ0v) is 16.0. The molecule has 1 N–H and O–H groups in total. The number of aromatic nitrogens is 1. The minimum atomic E-state index is -3.15. The van der Waals surface area contributed by atoms with Crippen molar-refractivity contribution in [3.63, 3.8) is 0 Å². The van der Waals surface area contributed by atoms with Crippen LogP contribution in [0.5, 0.6) is 0 Å². The van der Waals surface area contributed by atoms with Crippen molar-refractivity contribution in [3.8, 4) is 0 Å². The van der Waals surface area contributed by atoms with Crippen LogP contribution < -0.4 is 0 Å². The van der Waals surface area contributed by atoms with Crippen molar-refractivity contribution in [1.29, 1.82) is 0 Å². The fourth-order valence-corrected chi connectivity index (χ4v) is 5.72. The molecule has 10 heteroatoms. The first kappa shape index (κ1) is 18.9. The highest BCUT2D eigenvalue weighted by molar-refractivity contribution is 7.91. The molecule has 2 fully saturated rings. The summed E-state index contributed by atoms with van der Waals surface area (Å²) in [6.07, 6.45) is 3.60. The minimum Gasteiger partial charge on any atom is -0.376 e. The number of nitro groups is 1. The van der Waals surface area contributed by atoms with Gasteiger partial charge in [-0.25, -0.2) is 8.42 Å². The molecule has 2 aliphatic heterocycles. The molecular weight excluding hydrogens is 386 g/mol. The molecule has 9 nitrogen and oxygen atoms in total. The van der Waals surface area contributed by atoms with E-state index in [0.717, 1.165) is 12.8 Å². The number of benzene rings is 1. The van der Waals surface area contributed by atoms with Crippen molar-refractivity contribution >= 4 is 32.3 Å². The lowest BCUT2D eigenvalue weighted by atomic mass is 10.1. The molecule has 1 amide bonds. The van der Waals surface area contributed by atoms with Gasteiger partial charge in [0.1, 0.15) is 0 Å². The highest BCUT2D eigenvalue weighted by Crippen LogP contribution is 2.28. The zero-order chi connectivity index (χ0) is 19.9. The van der Waals surface area contributed by atoms with Crippen LogP contribution in [0.3, 0.4) is 0 Å². The standard InChI is InChI=1S/C18H21N3O6S/c22-18(16-9-19-17-8-12(21(23)24)3-4-15(16)17)20(10-14-2-1-6-27-14)13-5-7-28(25,26)11-13/h3-4,8-9,13-14,19H,1-2,5-7,10-11H2. The first-order chi connectivity index (χ1) is 13.3. The summed E-state index contributed by atoms with van der Waals surface area (Å²) in [7, 11) is -3.15. The quantitative estimate of drug-likeness (QED) is 0.596. The van der Waals surface area contributed by atoms with Gasteiger partial charge in [-0.2, -0.15) is 0 Å². The summed E-state index contributed by atoms with van der Waals surface area (Å²) in [5.41, 5.74) is 0.812. The monoisotopic (exact) mass is 407 g/mol. The van der Waals surface area contributed by atoms with E-state index in [1.54, 1.807) is 11.0 Å². The Kier molecular flexibility index (Phi) is 4.84. The number of hydrogen-bond acceptors (Lipinski definition) is 6. The van der Waals surface area contributed by atoms with E-state index in [-0.39, 0.29) is 35.2 Å². The normalized spacial score (nSPS) is 23.9. The summed E-state index contributed by atoms with van der Waals surface area (Å²) < 4.78 is 29.6. The van der Waals surface area contributed by atoms with Gasteiger partial charge >= 0.3 is 0 Å². The maximum atomic E-state index is 13.3. The maximum Gasteiger partial charge on any atom is 0.271 e. The molecular formula is C18H21N3O6S. The van der Waals surface area contributed by atoms with Crippen LogP contribution in [-0.2, 0) is 14.6 Å². The topological polar surface area (TPSA) is 123 Å². The summed E-state index contributed by atoms with van der Waals surface area (Å²) in [4.78, 5) is 28.4. The van der Waals surface area contributed by atoms with Crippen LogP contribution in [0.4, 0.5) is 5.69 Å². The van der Waals surface area contributed by atoms with Crippen LogP contribution in [0, 0.1) is 10.1 Å². The average Bonchev–Trinajstić information content (AvgIpc) is 3.38. The second-order valence-electron chi connectivity index (χ2n) is 7.34. The van der Waals surface area contributed by atoms with E-state index in [4.69, 9.17) is 4.74 Å². The molecule has 4 rings (SSSR count). The second-order valence-corrected chi connectivity index (χ2v) is 9.57. The molecule has 2 atom stereocenters. The van der Waals surface area contributed by atoms with Gasteiger partial charge in [0.05, 0.1) is 33.6 Å². The highest BCUT2D eigenvalue weighted by Gasteiger charge is 2.37. The van der Waals surface area contributed by atoms with Crippen molar-refractivity contribution in [1.82, 2.24) is 9.88 Å². The van der Waals surface area contributed by atoms with Crippen LogP contribution in [-0.4, -0.2) is 65.9 Å². The van der Waals surface area contributed by atoms with E-state index in [0.29, 0.717) is 36.0 Å². The Morgan fingerprint density at radius 1 is 1.36 bits per heavy atom. The number of non-ortho nitro benzene ring substituents is 1. The number of carbonyl (C=O) groups excluding carboxylic acids is 1. The van der Waals surface area contributed by atoms with Gasteiger partial charge in [0.25, 0.3) is 11.6 Å². The predicted octanol–water partition coefficient (Wildman–Crippen LogP) is 1.88. The summed E-state index contributed by atoms with van der Waals surface area (Å²) in [6, 6.07) is 3.91. The Morgan fingerprint density at radius 3 is 2.82 bits per heavy atom. The Bertz CT molecular complexity index is 1030. The number of nitrogens with zero attached hydrogens (tertiary/aromatic N) is 2. The molecule has 0 radical (unpaired) electrons. The fourth-order valence-electron chi connectivity index (χ4n) is 3.99. The number of fused-ring (bicyclic) bond motifs is 1.